The number of hydrogen-bond acceptors (Lipinski definition) is 6. The molecule has 0 atom stereocenters. The number of unbranched alkanes of at least 4 members (excludes halogenated alkanes) is 4. The van der Waals surface area contributed by atoms with Crippen LogP contribution in [0.25, 0.3) is 21.9 Å². The van der Waals surface area contributed by atoms with Gasteiger partial charge in [0.15, 0.2) is 11.5 Å². The number of benzene rings is 2. The topological polar surface area (TPSA) is 100 Å². The lowest BCUT2D eigenvalue weighted by molar-refractivity contribution is 0.370. The van der Waals surface area contributed by atoms with E-state index in [0.29, 0.717) is 18.4 Å². The van der Waals surface area contributed by atoms with Gasteiger partial charge in [-0.3, -0.25) is 4.79 Å². The fourth-order valence-electron chi connectivity index (χ4n) is 4.13. The Morgan fingerprint density at radius 1 is 0.824 bits per heavy atom. The third-order valence-electron chi connectivity index (χ3n) is 5.97. The molecule has 182 valence electrons. The van der Waals surface area contributed by atoms with Crippen LogP contribution in [0.15, 0.2) is 45.6 Å². The number of methoxy groups -OCH3 is 1. The smallest absolute Gasteiger partial charge is 0.204 e. The standard InChI is InChI=1S/C28H34O6/c1-4-6-8-10-12-14-18-20(29)16-23-25(26(18)31)27(32)24-19(15-13-11-9-7-5-2)28(33-3)21(30)17-22(24)34-23/h10-13,16-17,29-31H,4-9,14-15H2,1-3H3/b12-10?,13-11+. The fourth-order valence-corrected chi connectivity index (χ4v) is 4.13. The number of phenolic OH excluding ortho intramolecular Hbond substituents is 3. The van der Waals surface area contributed by atoms with Crippen molar-refractivity contribution in [1.29, 1.82) is 0 Å². The highest BCUT2D eigenvalue weighted by atomic mass is 16.5. The van der Waals surface area contributed by atoms with E-state index in [1.165, 1.54) is 19.2 Å². The first-order chi connectivity index (χ1) is 16.4. The van der Waals surface area contributed by atoms with Crippen LogP contribution in [0, 0.1) is 0 Å². The van der Waals surface area contributed by atoms with E-state index in [0.717, 1.165) is 38.5 Å². The summed E-state index contributed by atoms with van der Waals surface area (Å²) in [5, 5.41) is 32.2. The molecular weight excluding hydrogens is 432 g/mol. The van der Waals surface area contributed by atoms with E-state index in [-0.39, 0.29) is 50.5 Å². The normalized spacial score (nSPS) is 12.0. The number of hydrogen-bond donors (Lipinski definition) is 3. The minimum Gasteiger partial charge on any atom is -0.507 e. The van der Waals surface area contributed by atoms with Crippen LogP contribution in [-0.4, -0.2) is 22.4 Å². The molecule has 3 rings (SSSR count). The van der Waals surface area contributed by atoms with Crippen LogP contribution in [0.1, 0.15) is 63.5 Å². The molecule has 0 radical (unpaired) electrons. The van der Waals surface area contributed by atoms with E-state index < -0.39 is 5.43 Å². The maximum atomic E-state index is 13.6. The van der Waals surface area contributed by atoms with Crippen molar-refractivity contribution in [3.8, 4) is 23.0 Å². The third kappa shape index (κ3) is 5.22. The highest BCUT2D eigenvalue weighted by Gasteiger charge is 2.22. The van der Waals surface area contributed by atoms with E-state index >= 15 is 0 Å². The summed E-state index contributed by atoms with van der Waals surface area (Å²) in [5.74, 6) is -0.375. The van der Waals surface area contributed by atoms with Crippen LogP contribution in [0.5, 0.6) is 23.0 Å². The largest absolute Gasteiger partial charge is 0.507 e. The second kappa shape index (κ2) is 11.6. The number of ether oxygens (including phenoxy) is 1. The van der Waals surface area contributed by atoms with Gasteiger partial charge in [0.05, 0.1) is 12.5 Å². The third-order valence-corrected chi connectivity index (χ3v) is 5.97. The van der Waals surface area contributed by atoms with Crippen molar-refractivity contribution >= 4 is 21.9 Å². The van der Waals surface area contributed by atoms with Gasteiger partial charge in [-0.1, -0.05) is 63.8 Å². The Morgan fingerprint density at radius 2 is 1.38 bits per heavy atom. The minimum absolute atomic E-state index is 0.00575. The quantitative estimate of drug-likeness (QED) is 0.166. The monoisotopic (exact) mass is 466 g/mol. The van der Waals surface area contributed by atoms with Crippen molar-refractivity contribution in [2.75, 3.05) is 7.11 Å². The SMILES string of the molecule is CCCCC=CCc1c(O)cc2oc3cc(O)c(OC)c(C/C=C/CCCC)c3c(=O)c2c1O. The summed E-state index contributed by atoms with van der Waals surface area (Å²) in [4.78, 5) is 13.6. The van der Waals surface area contributed by atoms with Gasteiger partial charge in [0, 0.05) is 23.3 Å². The summed E-state index contributed by atoms with van der Waals surface area (Å²) in [7, 11) is 1.44. The van der Waals surface area contributed by atoms with E-state index in [9.17, 15) is 20.1 Å². The lowest BCUT2D eigenvalue weighted by Crippen LogP contribution is -2.08. The molecule has 0 spiro atoms. The highest BCUT2D eigenvalue weighted by molar-refractivity contribution is 5.97. The van der Waals surface area contributed by atoms with Crippen molar-refractivity contribution in [1.82, 2.24) is 0 Å². The molecule has 0 amide bonds. The average Bonchev–Trinajstić information content (AvgIpc) is 2.80. The van der Waals surface area contributed by atoms with Crippen molar-refractivity contribution in [2.45, 2.75) is 65.2 Å². The predicted octanol–water partition coefficient (Wildman–Crippen LogP) is 6.65. The Labute approximate surface area is 199 Å². The van der Waals surface area contributed by atoms with Crippen LogP contribution in [0.4, 0.5) is 0 Å². The molecule has 0 aliphatic rings. The van der Waals surface area contributed by atoms with E-state index in [4.69, 9.17) is 9.15 Å². The molecule has 0 saturated heterocycles. The first-order valence-corrected chi connectivity index (χ1v) is 12.0. The molecule has 0 unspecified atom stereocenters. The fraction of sp³-hybridized carbons (Fsp3) is 0.393. The molecule has 1 heterocycles. The molecule has 2 aromatic carbocycles. The Hall–Kier alpha value is -3.41. The molecule has 34 heavy (non-hydrogen) atoms. The Bertz CT molecular complexity index is 1270. The summed E-state index contributed by atoms with van der Waals surface area (Å²) in [6, 6.07) is 2.68. The van der Waals surface area contributed by atoms with Crippen LogP contribution >= 0.6 is 0 Å². The van der Waals surface area contributed by atoms with Crippen molar-refractivity contribution < 1.29 is 24.5 Å². The van der Waals surface area contributed by atoms with Gasteiger partial charge in [-0.25, -0.2) is 0 Å². The average molecular weight is 467 g/mol. The van der Waals surface area contributed by atoms with E-state index in [1.807, 2.05) is 24.3 Å². The molecule has 0 aliphatic carbocycles. The van der Waals surface area contributed by atoms with Crippen LogP contribution < -0.4 is 10.2 Å². The molecule has 6 nitrogen and oxygen atoms in total. The second-order valence-electron chi connectivity index (χ2n) is 8.44. The van der Waals surface area contributed by atoms with Crippen molar-refractivity contribution in [2.24, 2.45) is 0 Å². The molecule has 3 N–H and O–H groups in total. The number of rotatable bonds is 11. The minimum atomic E-state index is -0.430. The van der Waals surface area contributed by atoms with Crippen LogP contribution in [0.3, 0.4) is 0 Å². The Kier molecular flexibility index (Phi) is 8.63. The van der Waals surface area contributed by atoms with Gasteiger partial charge in [0.1, 0.15) is 28.1 Å². The van der Waals surface area contributed by atoms with E-state index in [2.05, 4.69) is 13.8 Å². The summed E-state index contributed by atoms with van der Waals surface area (Å²) >= 11 is 0. The molecule has 0 bridgehead atoms. The number of phenols is 3. The van der Waals surface area contributed by atoms with Crippen LogP contribution in [0.2, 0.25) is 0 Å². The van der Waals surface area contributed by atoms with Gasteiger partial charge >= 0.3 is 0 Å². The molecular formula is C28H34O6. The lowest BCUT2D eigenvalue weighted by Gasteiger charge is -2.14. The second-order valence-corrected chi connectivity index (χ2v) is 8.44. The first-order valence-electron chi connectivity index (χ1n) is 12.0. The number of fused-ring (bicyclic) bond motifs is 2. The predicted molar refractivity (Wildman–Crippen MR) is 136 cm³/mol. The molecule has 0 saturated carbocycles. The van der Waals surface area contributed by atoms with Gasteiger partial charge in [-0.2, -0.15) is 0 Å². The lowest BCUT2D eigenvalue weighted by atomic mass is 9.99. The molecule has 0 aliphatic heterocycles. The maximum Gasteiger partial charge on any atom is 0.204 e. The summed E-state index contributed by atoms with van der Waals surface area (Å²) in [6.45, 7) is 4.23. The zero-order valence-corrected chi connectivity index (χ0v) is 20.2. The maximum absolute atomic E-state index is 13.6. The molecule has 3 aromatic rings. The van der Waals surface area contributed by atoms with Gasteiger partial charge < -0.3 is 24.5 Å². The molecule has 1 aromatic heterocycles. The van der Waals surface area contributed by atoms with Gasteiger partial charge in [0.2, 0.25) is 5.43 Å². The van der Waals surface area contributed by atoms with Gasteiger partial charge in [0.25, 0.3) is 0 Å². The number of allylic oxidation sites excluding steroid dienone is 4. The van der Waals surface area contributed by atoms with E-state index in [1.54, 1.807) is 0 Å². The summed E-state index contributed by atoms with van der Waals surface area (Å²) < 4.78 is 11.3. The highest BCUT2D eigenvalue weighted by Crippen LogP contribution is 2.40. The molecule has 6 heteroatoms. The van der Waals surface area contributed by atoms with Crippen LogP contribution in [-0.2, 0) is 12.8 Å². The Morgan fingerprint density at radius 3 is 1.97 bits per heavy atom. The zero-order chi connectivity index (χ0) is 24.7. The zero-order valence-electron chi connectivity index (χ0n) is 20.2. The first kappa shape index (κ1) is 25.2. The van der Waals surface area contributed by atoms with Crippen molar-refractivity contribution in [3.63, 3.8) is 0 Å². The molecule has 0 fully saturated rings. The Balaban J connectivity index is 2.19. The summed E-state index contributed by atoms with van der Waals surface area (Å²) in [5.41, 5.74) is 0.562. The number of aromatic hydroxyl groups is 3. The van der Waals surface area contributed by atoms with Gasteiger partial charge in [-0.05, 0) is 25.7 Å². The van der Waals surface area contributed by atoms with Crippen molar-refractivity contribution in [3.05, 3.63) is 57.8 Å². The summed E-state index contributed by atoms with van der Waals surface area (Å²) in [6.07, 6.45) is 14.7. The van der Waals surface area contributed by atoms with Gasteiger partial charge in [-0.15, -0.1) is 0 Å².